The minimum Gasteiger partial charge on any atom is -0.469 e. The molecular weight excluding hydrogens is 421 g/mol. The van der Waals surface area contributed by atoms with Crippen molar-refractivity contribution in [3.63, 3.8) is 0 Å². The average molecular weight is 448 g/mol. The van der Waals surface area contributed by atoms with Crippen LogP contribution in [0.15, 0.2) is 54.6 Å². The smallest absolute Gasteiger partial charge is 0.416 e. The van der Waals surface area contributed by atoms with Gasteiger partial charge in [-0.15, -0.1) is 0 Å². The summed E-state index contributed by atoms with van der Waals surface area (Å²) < 4.78 is 49.2. The van der Waals surface area contributed by atoms with Crippen LogP contribution in [0.2, 0.25) is 0 Å². The van der Waals surface area contributed by atoms with Crippen molar-refractivity contribution in [3.8, 4) is 0 Å². The molecule has 2 aromatic rings. The van der Waals surface area contributed by atoms with E-state index >= 15 is 0 Å². The number of hydrogen-bond acceptors (Lipinski definition) is 4. The van der Waals surface area contributed by atoms with Gasteiger partial charge in [-0.05, 0) is 54.5 Å². The first-order chi connectivity index (χ1) is 15.2. The molecule has 0 aliphatic rings. The van der Waals surface area contributed by atoms with Crippen LogP contribution in [0.3, 0.4) is 0 Å². The van der Waals surface area contributed by atoms with E-state index in [1.165, 1.54) is 32.4 Å². The number of esters is 2. The summed E-state index contributed by atoms with van der Waals surface area (Å²) in [5.74, 6) is -0.757. The second-order valence-electron chi connectivity index (χ2n) is 7.42. The van der Waals surface area contributed by atoms with Crippen molar-refractivity contribution in [2.75, 3.05) is 14.2 Å². The van der Waals surface area contributed by atoms with Gasteiger partial charge in [0.05, 0.1) is 25.3 Å². The first-order valence-corrected chi connectivity index (χ1v) is 10.3. The SMILES string of the molecule is COC(=O)CCCCC(C=Cc1ccccc1C(F)(F)F)Cc1ccc(C(=O)OC)cc1. The minimum atomic E-state index is -4.43. The van der Waals surface area contributed by atoms with E-state index in [9.17, 15) is 22.8 Å². The fraction of sp³-hybridized carbons (Fsp3) is 0.360. The van der Waals surface area contributed by atoms with E-state index in [4.69, 9.17) is 4.74 Å². The van der Waals surface area contributed by atoms with Crippen LogP contribution in [0, 0.1) is 5.92 Å². The molecule has 0 aliphatic heterocycles. The van der Waals surface area contributed by atoms with Gasteiger partial charge in [-0.3, -0.25) is 4.79 Å². The number of unbranched alkanes of at least 4 members (excludes halogenated alkanes) is 1. The lowest BCUT2D eigenvalue weighted by Gasteiger charge is -2.15. The molecule has 0 spiro atoms. The third-order valence-corrected chi connectivity index (χ3v) is 5.12. The third kappa shape index (κ3) is 7.87. The first-order valence-electron chi connectivity index (χ1n) is 10.3. The number of carbonyl (C=O) groups is 2. The summed E-state index contributed by atoms with van der Waals surface area (Å²) in [4.78, 5) is 22.9. The van der Waals surface area contributed by atoms with E-state index in [2.05, 4.69) is 4.74 Å². The zero-order chi connectivity index (χ0) is 23.6. The molecule has 4 nitrogen and oxygen atoms in total. The molecule has 0 heterocycles. The Morgan fingerprint density at radius 3 is 2.28 bits per heavy atom. The van der Waals surface area contributed by atoms with E-state index in [0.29, 0.717) is 31.2 Å². The Labute approximate surface area is 186 Å². The van der Waals surface area contributed by atoms with Gasteiger partial charge in [0.1, 0.15) is 0 Å². The normalized spacial score (nSPS) is 12.5. The van der Waals surface area contributed by atoms with Crippen LogP contribution in [-0.2, 0) is 26.9 Å². The van der Waals surface area contributed by atoms with Crippen molar-refractivity contribution in [2.24, 2.45) is 5.92 Å². The van der Waals surface area contributed by atoms with Gasteiger partial charge < -0.3 is 9.47 Å². The lowest BCUT2D eigenvalue weighted by atomic mass is 9.92. The standard InChI is InChI=1S/C25H27F3O4/c1-31-23(29)10-6-3-7-18(17-19-12-15-21(16-13-19)24(30)32-2)11-14-20-8-4-5-9-22(20)25(26,27)28/h4-5,8-9,11-16,18H,3,6-7,10,17H2,1-2H3. The number of alkyl halides is 3. The van der Waals surface area contributed by atoms with Crippen LogP contribution < -0.4 is 0 Å². The van der Waals surface area contributed by atoms with Gasteiger partial charge in [0.15, 0.2) is 0 Å². The molecule has 0 N–H and O–H groups in total. The highest BCUT2D eigenvalue weighted by atomic mass is 19.4. The van der Waals surface area contributed by atoms with Crippen LogP contribution >= 0.6 is 0 Å². The summed E-state index contributed by atoms with van der Waals surface area (Å²) in [6, 6.07) is 12.4. The van der Waals surface area contributed by atoms with Crippen molar-refractivity contribution >= 4 is 18.0 Å². The molecular formula is C25H27F3O4. The molecule has 0 aromatic heterocycles. The highest BCUT2D eigenvalue weighted by Crippen LogP contribution is 2.33. The van der Waals surface area contributed by atoms with E-state index in [-0.39, 0.29) is 17.5 Å². The molecule has 0 saturated carbocycles. The van der Waals surface area contributed by atoms with Crippen LogP contribution in [0.4, 0.5) is 13.2 Å². The van der Waals surface area contributed by atoms with Gasteiger partial charge in [0.25, 0.3) is 0 Å². The highest BCUT2D eigenvalue weighted by molar-refractivity contribution is 5.89. The number of rotatable bonds is 10. The molecule has 1 atom stereocenters. The third-order valence-electron chi connectivity index (χ3n) is 5.12. The fourth-order valence-electron chi connectivity index (χ4n) is 3.38. The molecule has 0 radical (unpaired) electrons. The van der Waals surface area contributed by atoms with Gasteiger partial charge in [0, 0.05) is 6.42 Å². The Morgan fingerprint density at radius 1 is 0.969 bits per heavy atom. The summed E-state index contributed by atoms with van der Waals surface area (Å²) in [5, 5.41) is 0. The topological polar surface area (TPSA) is 52.6 Å². The second kappa shape index (κ2) is 12.1. The number of methoxy groups -OCH3 is 2. The Balaban J connectivity index is 2.16. The molecule has 7 heteroatoms. The van der Waals surface area contributed by atoms with Crippen molar-refractivity contribution < 1.29 is 32.2 Å². The molecule has 2 aromatic carbocycles. The van der Waals surface area contributed by atoms with Gasteiger partial charge in [-0.25, -0.2) is 4.79 Å². The fourth-order valence-corrected chi connectivity index (χ4v) is 3.38. The maximum absolute atomic E-state index is 13.3. The monoisotopic (exact) mass is 448 g/mol. The van der Waals surface area contributed by atoms with Crippen molar-refractivity contribution in [1.29, 1.82) is 0 Å². The largest absolute Gasteiger partial charge is 0.469 e. The predicted octanol–water partition coefficient (Wildman–Crippen LogP) is 6.10. The summed E-state index contributed by atoms with van der Waals surface area (Å²) in [6.45, 7) is 0. The zero-order valence-corrected chi connectivity index (χ0v) is 18.2. The predicted molar refractivity (Wildman–Crippen MR) is 116 cm³/mol. The lowest BCUT2D eigenvalue weighted by Crippen LogP contribution is -2.07. The second-order valence-corrected chi connectivity index (χ2v) is 7.42. The van der Waals surface area contributed by atoms with Gasteiger partial charge in [-0.1, -0.05) is 48.9 Å². The Morgan fingerprint density at radius 2 is 1.66 bits per heavy atom. The van der Waals surface area contributed by atoms with Gasteiger partial charge in [0.2, 0.25) is 0 Å². The number of halogens is 3. The minimum absolute atomic E-state index is 0.0436. The Bertz CT molecular complexity index is 918. The number of hydrogen-bond donors (Lipinski definition) is 0. The molecule has 172 valence electrons. The molecule has 0 fully saturated rings. The van der Waals surface area contributed by atoms with Crippen molar-refractivity contribution in [3.05, 3.63) is 76.9 Å². The van der Waals surface area contributed by atoms with Gasteiger partial charge in [-0.2, -0.15) is 13.2 Å². The van der Waals surface area contributed by atoms with Crippen molar-refractivity contribution in [1.82, 2.24) is 0 Å². The summed E-state index contributed by atoms with van der Waals surface area (Å²) in [7, 11) is 2.65. The quantitative estimate of drug-likeness (QED) is 0.326. The molecule has 32 heavy (non-hydrogen) atoms. The summed E-state index contributed by atoms with van der Waals surface area (Å²) >= 11 is 0. The van der Waals surface area contributed by atoms with Crippen LogP contribution in [0.1, 0.15) is 52.7 Å². The highest BCUT2D eigenvalue weighted by Gasteiger charge is 2.32. The number of allylic oxidation sites excluding steroid dienone is 1. The average Bonchev–Trinajstić information content (AvgIpc) is 2.79. The molecule has 2 rings (SSSR count). The molecule has 0 aliphatic carbocycles. The van der Waals surface area contributed by atoms with E-state index in [0.717, 1.165) is 18.1 Å². The number of ether oxygens (including phenoxy) is 2. The van der Waals surface area contributed by atoms with E-state index in [1.807, 2.05) is 12.1 Å². The molecule has 1 unspecified atom stereocenters. The lowest BCUT2D eigenvalue weighted by molar-refractivity contribution is -0.140. The van der Waals surface area contributed by atoms with Crippen LogP contribution in [0.25, 0.3) is 6.08 Å². The molecule has 0 saturated heterocycles. The van der Waals surface area contributed by atoms with Crippen LogP contribution in [0.5, 0.6) is 0 Å². The van der Waals surface area contributed by atoms with Crippen molar-refractivity contribution in [2.45, 2.75) is 38.3 Å². The van der Waals surface area contributed by atoms with Crippen LogP contribution in [-0.4, -0.2) is 26.2 Å². The maximum atomic E-state index is 13.3. The number of carbonyl (C=O) groups excluding carboxylic acids is 2. The van der Waals surface area contributed by atoms with E-state index < -0.39 is 17.7 Å². The summed E-state index contributed by atoms with van der Waals surface area (Å²) in [5.41, 5.74) is 0.814. The first kappa shape index (κ1) is 25.2. The zero-order valence-electron chi connectivity index (χ0n) is 18.2. The number of benzene rings is 2. The van der Waals surface area contributed by atoms with E-state index in [1.54, 1.807) is 24.3 Å². The maximum Gasteiger partial charge on any atom is 0.416 e. The summed E-state index contributed by atoms with van der Waals surface area (Å²) in [6.07, 6.45) is 1.82. The Hall–Kier alpha value is -3.09. The molecule has 0 bridgehead atoms. The van der Waals surface area contributed by atoms with Gasteiger partial charge >= 0.3 is 18.1 Å². The molecule has 0 amide bonds. The Kier molecular flexibility index (Phi) is 9.50.